The van der Waals surface area contributed by atoms with E-state index >= 15 is 0 Å². The van der Waals surface area contributed by atoms with Gasteiger partial charge in [0.1, 0.15) is 11.5 Å². The quantitative estimate of drug-likeness (QED) is 0.225. The lowest BCUT2D eigenvalue weighted by Gasteiger charge is -2.29. The lowest BCUT2D eigenvalue weighted by atomic mass is 9.93. The fourth-order valence-electron chi connectivity index (χ4n) is 5.88. The smallest absolute Gasteiger partial charge is 0.266 e. The second-order valence-corrected chi connectivity index (χ2v) is 10.0. The zero-order valence-corrected chi connectivity index (χ0v) is 22.8. The van der Waals surface area contributed by atoms with Gasteiger partial charge in [0.25, 0.3) is 23.6 Å². The fraction of sp³-hybridized carbons (Fsp3) is 0.118. The van der Waals surface area contributed by atoms with Gasteiger partial charge in [-0.25, -0.2) is 9.80 Å². The van der Waals surface area contributed by atoms with Crippen molar-refractivity contribution in [3.05, 3.63) is 107 Å². The van der Waals surface area contributed by atoms with E-state index in [1.165, 1.54) is 0 Å². The molecule has 4 amide bonds. The fourth-order valence-corrected chi connectivity index (χ4v) is 5.88. The zero-order valence-electron chi connectivity index (χ0n) is 22.8. The molecule has 0 saturated heterocycles. The Morgan fingerprint density at radius 2 is 0.881 bits per heavy atom. The van der Waals surface area contributed by atoms with E-state index in [1.54, 1.807) is 60.7 Å². The summed E-state index contributed by atoms with van der Waals surface area (Å²) >= 11 is 0. The number of imide groups is 2. The van der Waals surface area contributed by atoms with Crippen molar-refractivity contribution in [2.24, 2.45) is 0 Å². The molecular weight excluding hydrogens is 532 g/mol. The molecule has 0 fully saturated rings. The Bertz CT molecular complexity index is 1850. The van der Waals surface area contributed by atoms with E-state index in [9.17, 15) is 19.2 Å². The normalized spacial score (nSPS) is 14.2. The number of amides is 4. The minimum absolute atomic E-state index is 0.316. The molecule has 2 aliphatic rings. The van der Waals surface area contributed by atoms with Gasteiger partial charge >= 0.3 is 0 Å². The molecule has 0 atom stereocenters. The monoisotopic (exact) mass is 556 g/mol. The Kier molecular flexibility index (Phi) is 5.79. The topological polar surface area (TPSA) is 93.2 Å². The number of hydrogen-bond acceptors (Lipinski definition) is 6. The van der Waals surface area contributed by atoms with Crippen LogP contribution in [0.25, 0.3) is 21.5 Å². The molecule has 0 bridgehead atoms. The van der Waals surface area contributed by atoms with Crippen molar-refractivity contribution in [3.63, 3.8) is 0 Å². The second kappa shape index (κ2) is 9.55. The van der Waals surface area contributed by atoms with E-state index in [-0.39, 0.29) is 0 Å². The average molecular weight is 557 g/mol. The molecular formula is C34H24N2O6. The number of carbonyl (C=O) groups is 4. The maximum atomic E-state index is 13.7. The van der Waals surface area contributed by atoms with Gasteiger partial charge in [-0.1, -0.05) is 24.3 Å². The van der Waals surface area contributed by atoms with Crippen LogP contribution in [0, 0.1) is 0 Å². The average Bonchev–Trinajstić information content (AvgIpc) is 2.99. The maximum Gasteiger partial charge on any atom is 0.266 e. The number of hydrogen-bond donors (Lipinski definition) is 0. The third-order valence-corrected chi connectivity index (χ3v) is 7.62. The van der Waals surface area contributed by atoms with Crippen LogP contribution < -0.4 is 19.3 Å². The molecule has 206 valence electrons. The predicted octanol–water partition coefficient (Wildman–Crippen LogP) is 6.39. The summed E-state index contributed by atoms with van der Waals surface area (Å²) in [5, 5.41) is 2.67. The molecule has 0 spiro atoms. The van der Waals surface area contributed by atoms with Gasteiger partial charge in [-0.3, -0.25) is 19.2 Å². The standard InChI is InChI=1S/C34H24N2O6/c1-3-41-23-15-19-7-5-9-25-29(19)27(17-23)33(39)35(31(25)37)21-11-13-22(14-12-21)36-32(38)26-10-6-8-20-16-24(42-4-2)18-28(30(20)26)34(36)40/h5-18H,3-4H2,1-2H3. The van der Waals surface area contributed by atoms with Crippen molar-refractivity contribution in [1.82, 2.24) is 0 Å². The van der Waals surface area contributed by atoms with E-state index in [0.717, 1.165) is 20.6 Å². The largest absolute Gasteiger partial charge is 0.494 e. The van der Waals surface area contributed by atoms with Crippen molar-refractivity contribution in [2.75, 3.05) is 23.0 Å². The highest BCUT2D eigenvalue weighted by atomic mass is 16.5. The molecule has 2 aliphatic heterocycles. The van der Waals surface area contributed by atoms with Gasteiger partial charge in [0.2, 0.25) is 0 Å². The van der Waals surface area contributed by atoms with Crippen molar-refractivity contribution >= 4 is 56.5 Å². The summed E-state index contributed by atoms with van der Waals surface area (Å²) in [5.74, 6) is -0.784. The van der Waals surface area contributed by atoms with Gasteiger partial charge in [-0.2, -0.15) is 0 Å². The van der Waals surface area contributed by atoms with Crippen molar-refractivity contribution in [3.8, 4) is 11.5 Å². The molecule has 0 radical (unpaired) electrons. The molecule has 7 rings (SSSR count). The third kappa shape index (κ3) is 3.69. The number of ether oxygens (including phenoxy) is 2. The van der Waals surface area contributed by atoms with Gasteiger partial charge in [-0.15, -0.1) is 0 Å². The number of benzene rings is 5. The molecule has 42 heavy (non-hydrogen) atoms. The maximum absolute atomic E-state index is 13.7. The van der Waals surface area contributed by atoms with Crippen molar-refractivity contribution < 1.29 is 28.7 Å². The molecule has 5 aromatic carbocycles. The van der Waals surface area contributed by atoms with Crippen LogP contribution in [0.3, 0.4) is 0 Å². The highest BCUT2D eigenvalue weighted by Gasteiger charge is 2.37. The molecule has 8 heteroatoms. The van der Waals surface area contributed by atoms with Gasteiger partial charge in [-0.05, 0) is 85.3 Å². The van der Waals surface area contributed by atoms with Crippen LogP contribution in [0.4, 0.5) is 11.4 Å². The highest BCUT2D eigenvalue weighted by Crippen LogP contribution is 2.38. The molecule has 8 nitrogen and oxygen atoms in total. The van der Waals surface area contributed by atoms with E-state index < -0.39 is 23.6 Å². The molecule has 0 saturated carbocycles. The summed E-state index contributed by atoms with van der Waals surface area (Å²) in [6, 6.07) is 23.8. The van der Waals surface area contributed by atoms with E-state index in [4.69, 9.17) is 9.47 Å². The number of anilines is 2. The lowest BCUT2D eigenvalue weighted by molar-refractivity contribution is 0.0876. The van der Waals surface area contributed by atoms with Gasteiger partial charge in [0.05, 0.1) is 35.7 Å². The summed E-state index contributed by atoms with van der Waals surface area (Å²) in [6.07, 6.45) is 0. The number of nitrogens with zero attached hydrogens (tertiary/aromatic N) is 2. The first-order valence-corrected chi connectivity index (χ1v) is 13.7. The SMILES string of the molecule is CCOc1cc2c3c(cccc3c1)C(=O)N(c1ccc(N3C(=O)c4cccc5cc(OCC)cc(c45)C3=O)cc1)C2=O. The molecule has 0 aliphatic carbocycles. The molecule has 0 unspecified atom stereocenters. The van der Waals surface area contributed by atoms with E-state index in [1.807, 2.05) is 38.1 Å². The lowest BCUT2D eigenvalue weighted by Crippen LogP contribution is -2.41. The van der Waals surface area contributed by atoms with Crippen LogP contribution in [0.2, 0.25) is 0 Å². The minimum atomic E-state index is -0.479. The molecule has 0 N–H and O–H groups in total. The second-order valence-electron chi connectivity index (χ2n) is 10.0. The summed E-state index contributed by atoms with van der Waals surface area (Å²) in [4.78, 5) is 56.8. The minimum Gasteiger partial charge on any atom is -0.494 e. The third-order valence-electron chi connectivity index (χ3n) is 7.62. The van der Waals surface area contributed by atoms with E-state index in [2.05, 4.69) is 0 Å². The Balaban J connectivity index is 1.27. The molecule has 0 aromatic heterocycles. The van der Waals surface area contributed by atoms with Crippen molar-refractivity contribution in [1.29, 1.82) is 0 Å². The molecule has 5 aromatic rings. The van der Waals surface area contributed by atoms with Crippen LogP contribution in [-0.2, 0) is 0 Å². The summed E-state index contributed by atoms with van der Waals surface area (Å²) in [5.41, 5.74) is 2.18. The predicted molar refractivity (Wildman–Crippen MR) is 159 cm³/mol. The van der Waals surface area contributed by atoms with E-state index in [0.29, 0.717) is 69.1 Å². The number of carbonyl (C=O) groups excluding carboxylic acids is 4. The molecule has 2 heterocycles. The summed E-state index contributed by atoms with van der Waals surface area (Å²) in [6.45, 7) is 4.59. The van der Waals surface area contributed by atoms with Gasteiger partial charge < -0.3 is 9.47 Å². The van der Waals surface area contributed by atoms with Crippen LogP contribution in [-0.4, -0.2) is 36.8 Å². The van der Waals surface area contributed by atoms with Crippen molar-refractivity contribution in [2.45, 2.75) is 13.8 Å². The Hall–Kier alpha value is -5.50. The summed E-state index contributed by atoms with van der Waals surface area (Å²) in [7, 11) is 0. The number of rotatable bonds is 6. The van der Waals surface area contributed by atoms with Crippen LogP contribution >= 0.6 is 0 Å². The zero-order chi connectivity index (χ0) is 29.1. The van der Waals surface area contributed by atoms with Crippen LogP contribution in [0.15, 0.2) is 84.9 Å². The first-order valence-electron chi connectivity index (χ1n) is 13.7. The summed E-state index contributed by atoms with van der Waals surface area (Å²) < 4.78 is 11.3. The van der Waals surface area contributed by atoms with Gasteiger partial charge in [0.15, 0.2) is 0 Å². The Labute approximate surface area is 240 Å². The van der Waals surface area contributed by atoms with Crippen LogP contribution in [0.1, 0.15) is 55.3 Å². The Morgan fingerprint density at radius 1 is 0.500 bits per heavy atom. The Morgan fingerprint density at radius 3 is 1.26 bits per heavy atom. The van der Waals surface area contributed by atoms with Gasteiger partial charge in [0, 0.05) is 21.9 Å². The first-order chi connectivity index (χ1) is 20.4. The highest BCUT2D eigenvalue weighted by molar-refractivity contribution is 6.37. The first kappa shape index (κ1) is 25.5. The van der Waals surface area contributed by atoms with Crippen LogP contribution in [0.5, 0.6) is 11.5 Å².